The number of piperidine rings is 1. The molecule has 0 saturated carbocycles. The van der Waals surface area contributed by atoms with Crippen molar-refractivity contribution < 1.29 is 19.1 Å². The average Bonchev–Trinajstić information content (AvgIpc) is 3.07. The lowest BCUT2D eigenvalue weighted by atomic mass is 9.95. The molecule has 4 aliphatic rings. The van der Waals surface area contributed by atoms with Crippen molar-refractivity contribution >= 4 is 34.9 Å². The number of ether oxygens (including phenoxy) is 2. The summed E-state index contributed by atoms with van der Waals surface area (Å²) in [5.41, 5.74) is 0.636. The number of carbonyl (C=O) groups excluding carboxylic acids is 2. The Morgan fingerprint density at radius 2 is 2.00 bits per heavy atom. The summed E-state index contributed by atoms with van der Waals surface area (Å²) in [6.07, 6.45) is 8.48. The number of allylic oxidation sites excluding steroid dienone is 3. The van der Waals surface area contributed by atoms with E-state index in [9.17, 15) is 9.59 Å². The van der Waals surface area contributed by atoms with Gasteiger partial charge in [0.15, 0.2) is 5.79 Å². The van der Waals surface area contributed by atoms with E-state index in [-0.39, 0.29) is 23.5 Å². The van der Waals surface area contributed by atoms with Gasteiger partial charge in [-0.15, -0.1) is 0 Å². The van der Waals surface area contributed by atoms with Crippen molar-refractivity contribution in [1.82, 2.24) is 9.80 Å². The van der Waals surface area contributed by atoms with E-state index in [2.05, 4.69) is 4.99 Å². The van der Waals surface area contributed by atoms with Crippen LogP contribution in [0.3, 0.4) is 0 Å². The molecule has 0 N–H and O–H groups in total. The predicted molar refractivity (Wildman–Crippen MR) is 94.0 cm³/mol. The van der Waals surface area contributed by atoms with Crippen LogP contribution >= 0.6 is 12.2 Å². The fourth-order valence-corrected chi connectivity index (χ4v) is 3.80. The van der Waals surface area contributed by atoms with Gasteiger partial charge >= 0.3 is 0 Å². The van der Waals surface area contributed by atoms with E-state index in [0.717, 1.165) is 0 Å². The molecule has 1 atom stereocenters. The fourth-order valence-electron chi connectivity index (χ4n) is 3.54. The molecule has 0 aromatic rings. The summed E-state index contributed by atoms with van der Waals surface area (Å²) in [5.74, 6) is -1.29. The van der Waals surface area contributed by atoms with E-state index >= 15 is 0 Å². The van der Waals surface area contributed by atoms with Crippen molar-refractivity contribution in [3.05, 3.63) is 24.3 Å². The molecule has 4 rings (SSSR count). The number of aliphatic imine (C=N–C) groups is 1. The molecule has 7 nitrogen and oxygen atoms in total. The highest BCUT2D eigenvalue weighted by atomic mass is 32.1. The van der Waals surface area contributed by atoms with Crippen molar-refractivity contribution in [2.24, 2.45) is 10.9 Å². The monoisotopic (exact) mass is 361 g/mol. The SMILES string of the molecule is O=C(CN1C(=O)C2C=CC=CC2=NC1=S)N1CCC2(CC1)OCCO2. The topological polar surface area (TPSA) is 71.4 Å². The van der Waals surface area contributed by atoms with Crippen molar-refractivity contribution in [2.75, 3.05) is 32.8 Å². The molecule has 2 saturated heterocycles. The van der Waals surface area contributed by atoms with Gasteiger partial charge in [-0.05, 0) is 18.3 Å². The Kier molecular flexibility index (Phi) is 4.26. The smallest absolute Gasteiger partial charge is 0.242 e. The van der Waals surface area contributed by atoms with Crippen LogP contribution in [0.25, 0.3) is 0 Å². The predicted octanol–water partition coefficient (Wildman–Crippen LogP) is 0.662. The van der Waals surface area contributed by atoms with Crippen LogP contribution < -0.4 is 0 Å². The molecule has 2 amide bonds. The lowest BCUT2D eigenvalue weighted by molar-refractivity contribution is -0.187. The number of thiocarbonyl (C=S) groups is 1. The van der Waals surface area contributed by atoms with Gasteiger partial charge in [0.2, 0.25) is 16.9 Å². The maximum Gasteiger partial charge on any atom is 0.242 e. The third-order valence-corrected chi connectivity index (χ3v) is 5.28. The van der Waals surface area contributed by atoms with Gasteiger partial charge in [-0.1, -0.05) is 18.2 Å². The zero-order valence-electron chi connectivity index (χ0n) is 13.7. The zero-order valence-corrected chi connectivity index (χ0v) is 14.5. The molecular weight excluding hydrogens is 342 g/mol. The Labute approximate surface area is 150 Å². The molecule has 1 aliphatic carbocycles. The minimum absolute atomic E-state index is 0.0722. The molecule has 0 bridgehead atoms. The van der Waals surface area contributed by atoms with E-state index in [1.807, 2.05) is 12.2 Å². The van der Waals surface area contributed by atoms with Crippen LogP contribution in [0.4, 0.5) is 0 Å². The molecule has 3 aliphatic heterocycles. The van der Waals surface area contributed by atoms with Crippen LogP contribution in [-0.4, -0.2) is 71.1 Å². The fraction of sp³-hybridized carbons (Fsp3) is 0.529. The van der Waals surface area contributed by atoms with Gasteiger partial charge in [-0.25, -0.2) is 4.99 Å². The van der Waals surface area contributed by atoms with E-state index in [0.29, 0.717) is 44.9 Å². The second kappa shape index (κ2) is 6.44. The number of hydrogen-bond donors (Lipinski definition) is 0. The number of likely N-dealkylation sites (tertiary alicyclic amines) is 1. The third kappa shape index (κ3) is 3.05. The lowest BCUT2D eigenvalue weighted by Gasteiger charge is -2.38. The number of carbonyl (C=O) groups is 2. The summed E-state index contributed by atoms with van der Waals surface area (Å²) < 4.78 is 11.4. The maximum atomic E-state index is 12.7. The Bertz CT molecular complexity index is 699. The Hall–Kier alpha value is -1.90. The number of hydrogen-bond acceptors (Lipinski definition) is 5. The van der Waals surface area contributed by atoms with E-state index in [1.165, 1.54) is 4.90 Å². The Morgan fingerprint density at radius 1 is 1.28 bits per heavy atom. The zero-order chi connectivity index (χ0) is 17.4. The van der Waals surface area contributed by atoms with Gasteiger partial charge in [0.25, 0.3) is 0 Å². The second-order valence-electron chi connectivity index (χ2n) is 6.45. The molecule has 1 unspecified atom stereocenters. The van der Waals surface area contributed by atoms with E-state index in [4.69, 9.17) is 21.7 Å². The molecule has 3 heterocycles. The first-order valence-electron chi connectivity index (χ1n) is 8.42. The highest BCUT2D eigenvalue weighted by molar-refractivity contribution is 7.80. The molecule has 2 fully saturated rings. The highest BCUT2D eigenvalue weighted by Gasteiger charge is 2.42. The molecule has 1 spiro atoms. The maximum absolute atomic E-state index is 12.7. The summed E-state index contributed by atoms with van der Waals surface area (Å²) in [7, 11) is 0. The quantitative estimate of drug-likeness (QED) is 0.676. The highest BCUT2D eigenvalue weighted by Crippen LogP contribution is 2.31. The van der Waals surface area contributed by atoms with Gasteiger partial charge in [0.1, 0.15) is 6.54 Å². The summed E-state index contributed by atoms with van der Waals surface area (Å²) in [4.78, 5) is 32.6. The van der Waals surface area contributed by atoms with E-state index < -0.39 is 11.7 Å². The third-order valence-electron chi connectivity index (χ3n) is 4.97. The average molecular weight is 361 g/mol. The van der Waals surface area contributed by atoms with Crippen molar-refractivity contribution in [2.45, 2.75) is 18.6 Å². The number of rotatable bonds is 2. The van der Waals surface area contributed by atoms with Crippen molar-refractivity contribution in [1.29, 1.82) is 0 Å². The standard InChI is InChI=1S/C17H19N3O4S/c21-14(19-7-5-17(6-8-19)23-9-10-24-17)11-20-15(22)12-3-1-2-4-13(12)18-16(20)25/h1-4,12H,5-11H2. The molecular formula is C17H19N3O4S. The van der Waals surface area contributed by atoms with Crippen LogP contribution in [0.1, 0.15) is 12.8 Å². The molecule has 0 aromatic heterocycles. The lowest BCUT2D eigenvalue weighted by Crippen LogP contribution is -2.53. The van der Waals surface area contributed by atoms with Crippen LogP contribution in [0.15, 0.2) is 29.3 Å². The first-order chi connectivity index (χ1) is 12.1. The van der Waals surface area contributed by atoms with Crippen LogP contribution in [-0.2, 0) is 19.1 Å². The minimum Gasteiger partial charge on any atom is -0.347 e. The molecule has 0 radical (unpaired) electrons. The number of fused-ring (bicyclic) bond motifs is 1. The Morgan fingerprint density at radius 3 is 2.72 bits per heavy atom. The molecule has 25 heavy (non-hydrogen) atoms. The molecule has 0 aromatic carbocycles. The Balaban J connectivity index is 1.40. The summed E-state index contributed by atoms with van der Waals surface area (Å²) in [5, 5.41) is 0.153. The van der Waals surface area contributed by atoms with Gasteiger partial charge in [0.05, 0.1) is 24.8 Å². The summed E-state index contributed by atoms with van der Waals surface area (Å²) >= 11 is 5.22. The first kappa shape index (κ1) is 16.6. The van der Waals surface area contributed by atoms with Crippen LogP contribution in [0.2, 0.25) is 0 Å². The molecule has 8 heteroatoms. The second-order valence-corrected chi connectivity index (χ2v) is 6.82. The largest absolute Gasteiger partial charge is 0.347 e. The van der Waals surface area contributed by atoms with E-state index in [1.54, 1.807) is 17.1 Å². The van der Waals surface area contributed by atoms with Gasteiger partial charge in [-0.3, -0.25) is 14.5 Å². The summed E-state index contributed by atoms with van der Waals surface area (Å²) in [6, 6.07) is 0. The van der Waals surface area contributed by atoms with Crippen molar-refractivity contribution in [3.63, 3.8) is 0 Å². The van der Waals surface area contributed by atoms with Gasteiger partial charge in [-0.2, -0.15) is 0 Å². The number of nitrogens with zero attached hydrogens (tertiary/aromatic N) is 3. The summed E-state index contributed by atoms with van der Waals surface area (Å²) in [6.45, 7) is 2.24. The number of amides is 2. The molecule has 132 valence electrons. The van der Waals surface area contributed by atoms with Crippen LogP contribution in [0, 0.1) is 5.92 Å². The van der Waals surface area contributed by atoms with Gasteiger partial charge < -0.3 is 14.4 Å². The van der Waals surface area contributed by atoms with Gasteiger partial charge in [0, 0.05) is 25.9 Å². The van der Waals surface area contributed by atoms with Crippen LogP contribution in [0.5, 0.6) is 0 Å². The van der Waals surface area contributed by atoms with Crippen molar-refractivity contribution in [3.8, 4) is 0 Å². The normalized spacial score (nSPS) is 27.7. The first-order valence-corrected chi connectivity index (χ1v) is 8.83. The minimum atomic E-state index is -0.522.